The van der Waals surface area contributed by atoms with Gasteiger partial charge in [-0.15, -0.1) is 0 Å². The minimum atomic E-state index is -0.795. The fourth-order valence-corrected chi connectivity index (χ4v) is 1.42. The minimum Gasteiger partial charge on any atom is -0.504 e. The molecule has 0 aliphatic rings. The number of hydrogen-bond acceptors (Lipinski definition) is 4. The van der Waals surface area contributed by atoms with Gasteiger partial charge in [-0.05, 0) is 13.8 Å². The van der Waals surface area contributed by atoms with Crippen molar-refractivity contribution in [2.24, 2.45) is 0 Å². The molecule has 0 bridgehead atoms. The lowest BCUT2D eigenvalue weighted by Crippen LogP contribution is -2.15. The molecule has 0 aromatic heterocycles. The molecule has 1 rings (SSSR count). The Morgan fingerprint density at radius 2 is 1.41 bits per heavy atom. The van der Waals surface area contributed by atoms with Crippen LogP contribution in [-0.4, -0.2) is 22.5 Å². The Hall–Kier alpha value is -2.23. The predicted octanol–water partition coefficient (Wildman–Crippen LogP) is 1.86. The SMILES string of the molecule is CC(=O)C(C(C)=O)=C(O)C(=O)c1ccccc1. The third-order valence-electron chi connectivity index (χ3n) is 2.19. The first-order chi connectivity index (χ1) is 7.95. The summed E-state index contributed by atoms with van der Waals surface area (Å²) in [6.45, 7) is 2.26. The molecular weight excluding hydrogens is 220 g/mol. The highest BCUT2D eigenvalue weighted by Gasteiger charge is 2.22. The van der Waals surface area contributed by atoms with E-state index in [1.807, 2.05) is 0 Å². The van der Waals surface area contributed by atoms with E-state index in [1.165, 1.54) is 12.1 Å². The number of carbonyl (C=O) groups is 3. The van der Waals surface area contributed by atoms with E-state index in [1.54, 1.807) is 18.2 Å². The maximum absolute atomic E-state index is 11.8. The van der Waals surface area contributed by atoms with Crippen molar-refractivity contribution in [2.75, 3.05) is 0 Å². The highest BCUT2D eigenvalue weighted by molar-refractivity contribution is 6.24. The molecular formula is C13H12O4. The van der Waals surface area contributed by atoms with Gasteiger partial charge in [0.2, 0.25) is 5.78 Å². The van der Waals surface area contributed by atoms with Crippen LogP contribution in [-0.2, 0) is 9.59 Å². The number of hydrogen-bond donors (Lipinski definition) is 1. The Bertz CT molecular complexity index is 481. The minimum absolute atomic E-state index is 0.227. The van der Waals surface area contributed by atoms with Crippen molar-refractivity contribution in [3.63, 3.8) is 0 Å². The number of benzene rings is 1. The van der Waals surface area contributed by atoms with Crippen LogP contribution in [0.1, 0.15) is 24.2 Å². The maximum Gasteiger partial charge on any atom is 0.228 e. The molecule has 88 valence electrons. The van der Waals surface area contributed by atoms with Crippen molar-refractivity contribution >= 4 is 17.3 Å². The van der Waals surface area contributed by atoms with Crippen LogP contribution in [0, 0.1) is 0 Å². The summed E-state index contributed by atoms with van der Waals surface area (Å²) in [6, 6.07) is 7.96. The molecule has 1 N–H and O–H groups in total. The third kappa shape index (κ3) is 2.87. The molecule has 0 heterocycles. The number of rotatable bonds is 4. The molecule has 17 heavy (non-hydrogen) atoms. The normalized spacial score (nSPS) is 9.53. The quantitative estimate of drug-likeness (QED) is 0.283. The summed E-state index contributed by atoms with van der Waals surface area (Å²) in [5, 5.41) is 9.66. The zero-order valence-electron chi connectivity index (χ0n) is 9.56. The van der Waals surface area contributed by atoms with E-state index >= 15 is 0 Å². The first-order valence-electron chi connectivity index (χ1n) is 5.00. The Balaban J connectivity index is 3.24. The lowest BCUT2D eigenvalue weighted by molar-refractivity contribution is -0.119. The highest BCUT2D eigenvalue weighted by atomic mass is 16.3. The van der Waals surface area contributed by atoms with Crippen LogP contribution in [0.4, 0.5) is 0 Å². The second kappa shape index (κ2) is 5.21. The van der Waals surface area contributed by atoms with Crippen LogP contribution in [0.25, 0.3) is 0 Å². The molecule has 0 spiro atoms. The van der Waals surface area contributed by atoms with Gasteiger partial charge in [-0.1, -0.05) is 30.3 Å². The predicted molar refractivity (Wildman–Crippen MR) is 61.8 cm³/mol. The third-order valence-corrected chi connectivity index (χ3v) is 2.19. The fraction of sp³-hybridized carbons (Fsp3) is 0.154. The largest absolute Gasteiger partial charge is 0.504 e. The van der Waals surface area contributed by atoms with Crippen LogP contribution >= 0.6 is 0 Å². The van der Waals surface area contributed by atoms with E-state index in [0.717, 1.165) is 13.8 Å². The van der Waals surface area contributed by atoms with E-state index in [2.05, 4.69) is 0 Å². The van der Waals surface area contributed by atoms with E-state index in [0.29, 0.717) is 0 Å². The summed E-state index contributed by atoms with van der Waals surface area (Å²) in [4.78, 5) is 34.1. The Morgan fingerprint density at radius 1 is 0.941 bits per heavy atom. The van der Waals surface area contributed by atoms with Crippen LogP contribution in [0.2, 0.25) is 0 Å². The molecule has 0 saturated heterocycles. The Labute approximate surface area is 98.6 Å². The number of carbonyl (C=O) groups excluding carboxylic acids is 3. The lowest BCUT2D eigenvalue weighted by Gasteiger charge is -2.04. The summed E-state index contributed by atoms with van der Waals surface area (Å²) < 4.78 is 0. The van der Waals surface area contributed by atoms with Crippen molar-refractivity contribution in [2.45, 2.75) is 13.8 Å². The van der Waals surface area contributed by atoms with E-state index in [9.17, 15) is 19.5 Å². The Kier molecular flexibility index (Phi) is 3.93. The van der Waals surface area contributed by atoms with E-state index < -0.39 is 28.7 Å². The van der Waals surface area contributed by atoms with Gasteiger partial charge in [0.1, 0.15) is 5.57 Å². The number of aliphatic hydroxyl groups excluding tert-OH is 1. The molecule has 4 heteroatoms. The first kappa shape index (κ1) is 12.8. The fourth-order valence-electron chi connectivity index (χ4n) is 1.42. The molecule has 0 atom stereocenters. The van der Waals surface area contributed by atoms with Gasteiger partial charge in [0.25, 0.3) is 0 Å². The van der Waals surface area contributed by atoms with Crippen LogP contribution in [0.15, 0.2) is 41.7 Å². The van der Waals surface area contributed by atoms with Gasteiger partial charge in [-0.3, -0.25) is 14.4 Å². The zero-order valence-corrected chi connectivity index (χ0v) is 9.56. The van der Waals surface area contributed by atoms with E-state index in [4.69, 9.17) is 0 Å². The molecule has 0 saturated carbocycles. The van der Waals surface area contributed by atoms with Crippen molar-refractivity contribution < 1.29 is 19.5 Å². The van der Waals surface area contributed by atoms with E-state index in [-0.39, 0.29) is 5.56 Å². The summed E-state index contributed by atoms with van der Waals surface area (Å²) in [5.74, 6) is -2.78. The van der Waals surface area contributed by atoms with Crippen LogP contribution in [0.5, 0.6) is 0 Å². The molecule has 0 amide bonds. The first-order valence-corrected chi connectivity index (χ1v) is 5.00. The van der Waals surface area contributed by atoms with Gasteiger partial charge in [-0.25, -0.2) is 0 Å². The van der Waals surface area contributed by atoms with Crippen molar-refractivity contribution in [1.29, 1.82) is 0 Å². The second-order valence-electron chi connectivity index (χ2n) is 3.53. The van der Waals surface area contributed by atoms with Gasteiger partial charge < -0.3 is 5.11 Å². The summed E-state index contributed by atoms with van der Waals surface area (Å²) in [6.07, 6.45) is 0. The molecule has 4 nitrogen and oxygen atoms in total. The average molecular weight is 232 g/mol. The zero-order chi connectivity index (χ0) is 13.0. The maximum atomic E-state index is 11.8. The number of Topliss-reactive ketones (excluding diaryl/α,β-unsaturated/α-hetero) is 3. The highest BCUT2D eigenvalue weighted by Crippen LogP contribution is 2.12. The van der Waals surface area contributed by atoms with Crippen molar-refractivity contribution in [3.05, 3.63) is 47.2 Å². The average Bonchev–Trinajstić information content (AvgIpc) is 2.28. The molecule has 0 fully saturated rings. The molecule has 0 unspecified atom stereocenters. The topological polar surface area (TPSA) is 71.4 Å². The molecule has 1 aromatic rings. The van der Waals surface area contributed by atoms with Gasteiger partial charge in [-0.2, -0.15) is 0 Å². The van der Waals surface area contributed by atoms with Crippen LogP contribution in [0.3, 0.4) is 0 Å². The van der Waals surface area contributed by atoms with Gasteiger partial charge in [0, 0.05) is 5.56 Å². The standard InChI is InChI=1S/C13H12O4/c1-8(14)11(9(2)15)13(17)12(16)10-6-4-3-5-7-10/h3-7,17H,1-2H3. The Morgan fingerprint density at radius 3 is 1.82 bits per heavy atom. The summed E-state index contributed by atoms with van der Waals surface area (Å²) in [5.41, 5.74) is -0.233. The van der Waals surface area contributed by atoms with Gasteiger partial charge in [0.15, 0.2) is 17.3 Å². The van der Waals surface area contributed by atoms with Crippen LogP contribution < -0.4 is 0 Å². The van der Waals surface area contributed by atoms with Gasteiger partial charge in [0.05, 0.1) is 0 Å². The molecule has 0 aliphatic heterocycles. The smallest absolute Gasteiger partial charge is 0.228 e. The van der Waals surface area contributed by atoms with Gasteiger partial charge >= 0.3 is 0 Å². The van der Waals surface area contributed by atoms with Crippen molar-refractivity contribution in [3.8, 4) is 0 Å². The second-order valence-corrected chi connectivity index (χ2v) is 3.53. The number of aliphatic hydroxyl groups is 1. The lowest BCUT2D eigenvalue weighted by atomic mass is 10.0. The number of ketones is 3. The molecule has 0 aliphatic carbocycles. The summed E-state index contributed by atoms with van der Waals surface area (Å²) >= 11 is 0. The summed E-state index contributed by atoms with van der Waals surface area (Å²) in [7, 11) is 0. The molecule has 0 radical (unpaired) electrons. The van der Waals surface area contributed by atoms with Crippen molar-refractivity contribution in [1.82, 2.24) is 0 Å². The molecule has 1 aromatic carbocycles. The monoisotopic (exact) mass is 232 g/mol. The number of allylic oxidation sites excluding steroid dienone is 2.